The smallest absolute Gasteiger partial charge is 0.407 e. The van der Waals surface area contributed by atoms with Gasteiger partial charge in [0.1, 0.15) is 17.7 Å². The maximum absolute atomic E-state index is 14.0. The van der Waals surface area contributed by atoms with E-state index in [4.69, 9.17) is 15.7 Å². The van der Waals surface area contributed by atoms with E-state index >= 15 is 0 Å². The van der Waals surface area contributed by atoms with Gasteiger partial charge in [0.25, 0.3) is 0 Å². The lowest BCUT2D eigenvalue weighted by Crippen LogP contribution is -2.48. The molecule has 3 N–H and O–H groups in total. The first-order valence-electron chi connectivity index (χ1n) is 9.42. The largest absolute Gasteiger partial charge is 0.447 e. The van der Waals surface area contributed by atoms with Crippen molar-refractivity contribution < 1.29 is 13.9 Å². The molecule has 29 heavy (non-hydrogen) atoms. The standard InChI is InChI=1S/C20H23FN6O2/c1-12(2)29-20(28)24-15-4-3-7-27(11-15)18-9-17(25-19(23)26-18)13-5-6-14(10-22)16(21)8-13/h5-6,8-9,12,15H,3-4,7,11H2,1-2H3,(H,24,28)(H2,23,25,26). The van der Waals surface area contributed by atoms with Crippen LogP contribution in [0.5, 0.6) is 0 Å². The third kappa shape index (κ3) is 5.10. The number of alkyl carbamates (subject to hydrolysis) is 1. The summed E-state index contributed by atoms with van der Waals surface area (Å²) in [5.74, 6) is 0.0483. The zero-order valence-corrected chi connectivity index (χ0v) is 16.4. The predicted octanol–water partition coefficient (Wildman–Crippen LogP) is 2.84. The van der Waals surface area contributed by atoms with E-state index in [1.54, 1.807) is 32.0 Å². The Morgan fingerprint density at radius 1 is 1.41 bits per heavy atom. The fraction of sp³-hybridized carbons (Fsp3) is 0.400. The number of piperidine rings is 1. The summed E-state index contributed by atoms with van der Waals surface area (Å²) >= 11 is 0. The number of aromatic nitrogens is 2. The molecule has 1 fully saturated rings. The first-order valence-corrected chi connectivity index (χ1v) is 9.42. The maximum Gasteiger partial charge on any atom is 0.407 e. The van der Waals surface area contributed by atoms with Crippen molar-refractivity contribution in [3.8, 4) is 17.3 Å². The summed E-state index contributed by atoms with van der Waals surface area (Å²) in [4.78, 5) is 22.4. The minimum atomic E-state index is -0.616. The van der Waals surface area contributed by atoms with E-state index in [1.165, 1.54) is 12.1 Å². The highest BCUT2D eigenvalue weighted by molar-refractivity contribution is 5.68. The lowest BCUT2D eigenvalue weighted by Gasteiger charge is -2.34. The number of halogens is 1. The molecule has 0 aliphatic carbocycles. The van der Waals surface area contributed by atoms with Crippen LogP contribution in [0, 0.1) is 17.1 Å². The molecule has 1 unspecified atom stereocenters. The van der Waals surface area contributed by atoms with Crippen LogP contribution in [-0.4, -0.2) is 41.3 Å². The Hall–Kier alpha value is -3.41. The van der Waals surface area contributed by atoms with Gasteiger partial charge in [-0.05, 0) is 38.8 Å². The Morgan fingerprint density at radius 2 is 2.21 bits per heavy atom. The molecule has 1 aliphatic rings. The van der Waals surface area contributed by atoms with Gasteiger partial charge < -0.3 is 20.7 Å². The quantitative estimate of drug-likeness (QED) is 0.813. The molecule has 8 nitrogen and oxygen atoms in total. The number of anilines is 2. The van der Waals surface area contributed by atoms with Gasteiger partial charge in [0.05, 0.1) is 17.4 Å². The topological polar surface area (TPSA) is 117 Å². The van der Waals surface area contributed by atoms with Crippen molar-refractivity contribution >= 4 is 17.9 Å². The second-order valence-corrected chi connectivity index (χ2v) is 7.16. The second-order valence-electron chi connectivity index (χ2n) is 7.16. The summed E-state index contributed by atoms with van der Waals surface area (Å²) in [5.41, 5.74) is 6.82. The van der Waals surface area contributed by atoms with Crippen LogP contribution in [0.2, 0.25) is 0 Å². The van der Waals surface area contributed by atoms with E-state index in [0.29, 0.717) is 23.6 Å². The van der Waals surface area contributed by atoms with Gasteiger partial charge in [-0.15, -0.1) is 0 Å². The Bertz CT molecular complexity index is 943. The van der Waals surface area contributed by atoms with E-state index in [9.17, 15) is 9.18 Å². The summed E-state index contributed by atoms with van der Waals surface area (Å²) in [7, 11) is 0. The zero-order valence-electron chi connectivity index (χ0n) is 16.4. The van der Waals surface area contributed by atoms with Crippen LogP contribution < -0.4 is 16.0 Å². The fourth-order valence-corrected chi connectivity index (χ4v) is 3.25. The van der Waals surface area contributed by atoms with Crippen molar-refractivity contribution in [1.29, 1.82) is 5.26 Å². The van der Waals surface area contributed by atoms with Crippen molar-refractivity contribution in [1.82, 2.24) is 15.3 Å². The van der Waals surface area contributed by atoms with Gasteiger partial charge in [-0.25, -0.2) is 14.2 Å². The highest BCUT2D eigenvalue weighted by Gasteiger charge is 2.24. The average Bonchev–Trinajstić information content (AvgIpc) is 2.67. The van der Waals surface area contributed by atoms with Crippen molar-refractivity contribution in [2.75, 3.05) is 23.7 Å². The summed E-state index contributed by atoms with van der Waals surface area (Å²) in [6.07, 6.45) is 1.06. The molecule has 152 valence electrons. The summed E-state index contributed by atoms with van der Waals surface area (Å²) in [5, 5.41) is 11.8. The molecule has 0 radical (unpaired) electrons. The number of nitrogens with zero attached hydrogens (tertiary/aromatic N) is 4. The predicted molar refractivity (Wildman–Crippen MR) is 107 cm³/mol. The third-order valence-corrected chi connectivity index (χ3v) is 4.53. The van der Waals surface area contributed by atoms with Crippen LogP contribution >= 0.6 is 0 Å². The number of amides is 1. The molecule has 1 aromatic carbocycles. The van der Waals surface area contributed by atoms with Crippen LogP contribution in [0.1, 0.15) is 32.3 Å². The second kappa shape index (κ2) is 8.73. The molecule has 2 heterocycles. The normalized spacial score (nSPS) is 16.4. The number of rotatable bonds is 4. The van der Waals surface area contributed by atoms with E-state index in [1.807, 2.05) is 4.90 Å². The number of nitrogens with one attached hydrogen (secondary N) is 1. The number of nitrogen functional groups attached to an aromatic ring is 1. The van der Waals surface area contributed by atoms with E-state index in [2.05, 4.69) is 15.3 Å². The van der Waals surface area contributed by atoms with Gasteiger partial charge >= 0.3 is 6.09 Å². The van der Waals surface area contributed by atoms with E-state index in [0.717, 1.165) is 19.4 Å². The molecule has 1 amide bonds. The van der Waals surface area contributed by atoms with Crippen molar-refractivity contribution in [3.63, 3.8) is 0 Å². The van der Waals surface area contributed by atoms with Gasteiger partial charge in [-0.2, -0.15) is 10.2 Å². The molecule has 0 bridgehead atoms. The van der Waals surface area contributed by atoms with Crippen LogP contribution in [-0.2, 0) is 4.74 Å². The Balaban J connectivity index is 1.79. The van der Waals surface area contributed by atoms with Crippen molar-refractivity contribution in [2.45, 2.75) is 38.8 Å². The number of nitriles is 1. The number of carbonyl (C=O) groups excluding carboxylic acids is 1. The number of benzene rings is 1. The molecule has 1 aromatic heterocycles. The van der Waals surface area contributed by atoms with E-state index < -0.39 is 11.9 Å². The van der Waals surface area contributed by atoms with Gasteiger partial charge in [0, 0.05) is 30.8 Å². The lowest BCUT2D eigenvalue weighted by atomic mass is 10.1. The number of hydrogen-bond acceptors (Lipinski definition) is 7. The molecule has 1 aliphatic heterocycles. The third-order valence-electron chi connectivity index (χ3n) is 4.53. The number of carbonyl (C=O) groups is 1. The molecule has 1 saturated heterocycles. The number of hydrogen-bond donors (Lipinski definition) is 2. The molecule has 1 atom stereocenters. The summed E-state index contributed by atoms with van der Waals surface area (Å²) < 4.78 is 19.1. The monoisotopic (exact) mass is 398 g/mol. The number of ether oxygens (including phenoxy) is 1. The van der Waals surface area contributed by atoms with Crippen LogP contribution in [0.4, 0.5) is 21.0 Å². The van der Waals surface area contributed by atoms with E-state index in [-0.39, 0.29) is 23.7 Å². The van der Waals surface area contributed by atoms with Gasteiger partial charge in [-0.1, -0.05) is 6.07 Å². The Morgan fingerprint density at radius 3 is 2.90 bits per heavy atom. The maximum atomic E-state index is 14.0. The van der Waals surface area contributed by atoms with Gasteiger partial charge in [-0.3, -0.25) is 0 Å². The lowest BCUT2D eigenvalue weighted by molar-refractivity contribution is 0.111. The molecule has 3 rings (SSSR count). The van der Waals surface area contributed by atoms with Gasteiger partial charge in [0.15, 0.2) is 0 Å². The van der Waals surface area contributed by atoms with Crippen molar-refractivity contribution in [2.24, 2.45) is 0 Å². The van der Waals surface area contributed by atoms with Crippen LogP contribution in [0.3, 0.4) is 0 Å². The minimum absolute atomic E-state index is 0.0331. The Labute approximate surface area is 168 Å². The average molecular weight is 398 g/mol. The number of nitrogens with two attached hydrogens (primary N) is 1. The zero-order chi connectivity index (χ0) is 21.0. The summed E-state index contributed by atoms with van der Waals surface area (Å²) in [6.45, 7) is 4.88. The molecule has 0 saturated carbocycles. The SMILES string of the molecule is CC(C)OC(=O)NC1CCCN(c2cc(-c3ccc(C#N)c(F)c3)nc(N)n2)C1. The highest BCUT2D eigenvalue weighted by Crippen LogP contribution is 2.26. The minimum Gasteiger partial charge on any atom is -0.447 e. The molecular weight excluding hydrogens is 375 g/mol. The van der Waals surface area contributed by atoms with Crippen molar-refractivity contribution in [3.05, 3.63) is 35.6 Å². The Kier molecular flexibility index (Phi) is 6.12. The molecule has 2 aromatic rings. The molecular formula is C20H23FN6O2. The first-order chi connectivity index (χ1) is 13.9. The molecule has 0 spiro atoms. The van der Waals surface area contributed by atoms with Gasteiger partial charge in [0.2, 0.25) is 5.95 Å². The van der Waals surface area contributed by atoms with Crippen LogP contribution in [0.25, 0.3) is 11.3 Å². The summed E-state index contributed by atoms with van der Waals surface area (Å²) in [6, 6.07) is 7.73. The highest BCUT2D eigenvalue weighted by atomic mass is 19.1. The molecule has 9 heteroatoms. The van der Waals surface area contributed by atoms with Crippen LogP contribution in [0.15, 0.2) is 24.3 Å². The fourth-order valence-electron chi connectivity index (χ4n) is 3.25. The first kappa shape index (κ1) is 20.3.